The monoisotopic (exact) mass is 211 g/mol. The van der Waals surface area contributed by atoms with Crippen molar-refractivity contribution < 1.29 is 0 Å². The van der Waals surface area contributed by atoms with E-state index in [4.69, 9.17) is 12.3 Å². The molecular formula is C12H25N3. The number of rotatable bonds is 9. The normalized spacial score (nSPS) is 12.7. The second kappa shape index (κ2) is 9.97. The Morgan fingerprint density at radius 2 is 2.00 bits per heavy atom. The van der Waals surface area contributed by atoms with Gasteiger partial charge in [-0.05, 0) is 38.9 Å². The summed E-state index contributed by atoms with van der Waals surface area (Å²) < 4.78 is 0. The van der Waals surface area contributed by atoms with Crippen LogP contribution in [0.25, 0.3) is 0 Å². The van der Waals surface area contributed by atoms with Crippen molar-refractivity contribution in [2.24, 2.45) is 5.84 Å². The van der Waals surface area contributed by atoms with Gasteiger partial charge in [0.2, 0.25) is 0 Å². The third-order valence-electron chi connectivity index (χ3n) is 2.80. The summed E-state index contributed by atoms with van der Waals surface area (Å²) in [7, 11) is 0. The van der Waals surface area contributed by atoms with Gasteiger partial charge in [-0.2, -0.15) is 0 Å². The van der Waals surface area contributed by atoms with Crippen LogP contribution >= 0.6 is 0 Å². The molecule has 0 heterocycles. The highest BCUT2D eigenvalue weighted by molar-refractivity contribution is 4.83. The molecule has 3 N–H and O–H groups in total. The fourth-order valence-electron chi connectivity index (χ4n) is 1.64. The highest BCUT2D eigenvalue weighted by Crippen LogP contribution is 2.04. The Balaban J connectivity index is 3.64. The number of nitrogens with zero attached hydrogens (tertiary/aromatic N) is 1. The lowest BCUT2D eigenvalue weighted by molar-refractivity contribution is 0.277. The predicted molar refractivity (Wildman–Crippen MR) is 66.2 cm³/mol. The molecule has 1 atom stereocenters. The Morgan fingerprint density at radius 1 is 1.33 bits per heavy atom. The van der Waals surface area contributed by atoms with Gasteiger partial charge in [0.15, 0.2) is 0 Å². The van der Waals surface area contributed by atoms with E-state index in [9.17, 15) is 0 Å². The zero-order valence-electron chi connectivity index (χ0n) is 10.1. The molecule has 0 aliphatic heterocycles. The Kier molecular flexibility index (Phi) is 9.60. The maximum atomic E-state index is 5.50. The summed E-state index contributed by atoms with van der Waals surface area (Å²) in [6.07, 6.45) is 9.29. The number of nitrogens with one attached hydrogen (secondary N) is 1. The van der Waals surface area contributed by atoms with Crippen molar-refractivity contribution in [3.8, 4) is 12.3 Å². The minimum atomic E-state index is 0.402. The van der Waals surface area contributed by atoms with Crippen LogP contribution in [-0.4, -0.2) is 30.6 Å². The van der Waals surface area contributed by atoms with E-state index >= 15 is 0 Å². The smallest absolute Gasteiger partial charge is 0.0223 e. The van der Waals surface area contributed by atoms with Crippen LogP contribution in [0.2, 0.25) is 0 Å². The van der Waals surface area contributed by atoms with Crippen LogP contribution in [0, 0.1) is 12.3 Å². The summed E-state index contributed by atoms with van der Waals surface area (Å²) in [5.41, 5.74) is 2.87. The van der Waals surface area contributed by atoms with E-state index < -0.39 is 0 Å². The van der Waals surface area contributed by atoms with Gasteiger partial charge < -0.3 is 4.90 Å². The van der Waals surface area contributed by atoms with Crippen molar-refractivity contribution in [3.05, 3.63) is 0 Å². The van der Waals surface area contributed by atoms with Gasteiger partial charge in [0.25, 0.3) is 0 Å². The van der Waals surface area contributed by atoms with Crippen molar-refractivity contribution >= 4 is 0 Å². The van der Waals surface area contributed by atoms with Crippen LogP contribution in [0.5, 0.6) is 0 Å². The lowest BCUT2D eigenvalue weighted by Gasteiger charge is -2.22. The molecule has 0 saturated heterocycles. The largest absolute Gasteiger partial charge is 0.304 e. The van der Waals surface area contributed by atoms with E-state index in [1.165, 1.54) is 0 Å². The molecule has 3 heteroatoms. The zero-order valence-corrected chi connectivity index (χ0v) is 10.1. The average molecular weight is 211 g/mol. The Hall–Kier alpha value is -0.560. The minimum absolute atomic E-state index is 0.402. The molecule has 0 bridgehead atoms. The maximum Gasteiger partial charge on any atom is 0.0223 e. The summed E-state index contributed by atoms with van der Waals surface area (Å²) in [4.78, 5) is 2.41. The van der Waals surface area contributed by atoms with E-state index in [-0.39, 0.29) is 0 Å². The molecule has 0 aliphatic carbocycles. The van der Waals surface area contributed by atoms with Gasteiger partial charge in [-0.3, -0.25) is 11.3 Å². The van der Waals surface area contributed by atoms with Gasteiger partial charge >= 0.3 is 0 Å². The second-order valence-corrected chi connectivity index (χ2v) is 3.78. The van der Waals surface area contributed by atoms with Crippen molar-refractivity contribution in [1.29, 1.82) is 0 Å². The number of nitrogens with two attached hydrogens (primary N) is 1. The first-order chi connectivity index (χ1) is 7.28. The molecule has 1 unspecified atom stereocenters. The highest BCUT2D eigenvalue weighted by Gasteiger charge is 2.07. The van der Waals surface area contributed by atoms with E-state index in [2.05, 4.69) is 30.1 Å². The van der Waals surface area contributed by atoms with Gasteiger partial charge in [-0.15, -0.1) is 12.3 Å². The van der Waals surface area contributed by atoms with Crippen molar-refractivity contribution in [3.63, 3.8) is 0 Å². The van der Waals surface area contributed by atoms with E-state index in [0.717, 1.165) is 45.3 Å². The number of hydrogen-bond acceptors (Lipinski definition) is 3. The third kappa shape index (κ3) is 7.38. The molecule has 0 saturated carbocycles. The molecule has 0 aromatic carbocycles. The highest BCUT2D eigenvalue weighted by atomic mass is 15.2. The van der Waals surface area contributed by atoms with Crippen LogP contribution in [0.1, 0.15) is 39.5 Å². The summed E-state index contributed by atoms with van der Waals surface area (Å²) in [6, 6.07) is 0.402. The van der Waals surface area contributed by atoms with Gasteiger partial charge in [0, 0.05) is 12.5 Å². The molecule has 0 rings (SSSR count). The lowest BCUT2D eigenvalue weighted by Crippen LogP contribution is -2.38. The summed E-state index contributed by atoms with van der Waals surface area (Å²) >= 11 is 0. The quantitative estimate of drug-likeness (QED) is 0.262. The van der Waals surface area contributed by atoms with Gasteiger partial charge in [0.05, 0.1) is 0 Å². The first-order valence-corrected chi connectivity index (χ1v) is 5.90. The minimum Gasteiger partial charge on any atom is -0.304 e. The molecule has 0 aromatic heterocycles. The molecule has 88 valence electrons. The van der Waals surface area contributed by atoms with E-state index in [0.29, 0.717) is 6.04 Å². The van der Waals surface area contributed by atoms with Crippen molar-refractivity contribution in [1.82, 2.24) is 10.3 Å². The fourth-order valence-corrected chi connectivity index (χ4v) is 1.64. The summed E-state index contributed by atoms with van der Waals surface area (Å²) in [6.45, 7) is 7.70. The third-order valence-corrected chi connectivity index (χ3v) is 2.80. The number of hydrogen-bond donors (Lipinski definition) is 2. The first-order valence-electron chi connectivity index (χ1n) is 5.90. The number of unbranched alkanes of at least 4 members (excludes halogenated alkanes) is 1. The van der Waals surface area contributed by atoms with Crippen LogP contribution in [0.15, 0.2) is 0 Å². The molecule has 0 spiro atoms. The predicted octanol–water partition coefficient (Wildman–Crippen LogP) is 1.35. The molecule has 3 nitrogen and oxygen atoms in total. The molecule has 0 fully saturated rings. The molecule has 0 amide bonds. The maximum absolute atomic E-state index is 5.50. The lowest BCUT2D eigenvalue weighted by atomic mass is 10.1. The van der Waals surface area contributed by atoms with Gasteiger partial charge in [0.1, 0.15) is 0 Å². The van der Waals surface area contributed by atoms with Crippen LogP contribution in [-0.2, 0) is 0 Å². The van der Waals surface area contributed by atoms with Gasteiger partial charge in [-0.1, -0.05) is 13.8 Å². The van der Waals surface area contributed by atoms with Crippen molar-refractivity contribution in [2.45, 2.75) is 45.6 Å². The molecule has 0 aromatic rings. The second-order valence-electron chi connectivity index (χ2n) is 3.78. The molecule has 15 heavy (non-hydrogen) atoms. The van der Waals surface area contributed by atoms with Crippen LogP contribution < -0.4 is 11.3 Å². The zero-order chi connectivity index (χ0) is 11.5. The number of hydrazine groups is 1. The summed E-state index contributed by atoms with van der Waals surface area (Å²) in [5, 5.41) is 0. The first kappa shape index (κ1) is 14.4. The summed E-state index contributed by atoms with van der Waals surface area (Å²) in [5.74, 6) is 8.16. The van der Waals surface area contributed by atoms with Crippen LogP contribution in [0.3, 0.4) is 0 Å². The molecular weight excluding hydrogens is 186 g/mol. The SMILES string of the molecule is C#CCCCC(CCN(CC)CC)NN. The van der Waals surface area contributed by atoms with E-state index in [1.54, 1.807) is 0 Å². The average Bonchev–Trinajstić information content (AvgIpc) is 2.28. The molecule has 0 radical (unpaired) electrons. The Bertz CT molecular complexity index is 170. The van der Waals surface area contributed by atoms with E-state index in [1.807, 2.05) is 0 Å². The fraction of sp³-hybridized carbons (Fsp3) is 0.833. The standard InChI is InChI=1S/C12H25N3/c1-4-7-8-9-12(14-13)10-11-15(5-2)6-3/h1,12,14H,5-11,13H2,2-3H3. The Morgan fingerprint density at radius 3 is 2.47 bits per heavy atom. The van der Waals surface area contributed by atoms with Gasteiger partial charge in [-0.25, -0.2) is 0 Å². The van der Waals surface area contributed by atoms with Crippen LogP contribution in [0.4, 0.5) is 0 Å². The number of terminal acetylenes is 1. The Labute approximate surface area is 94.4 Å². The topological polar surface area (TPSA) is 41.3 Å². The molecule has 0 aliphatic rings. The van der Waals surface area contributed by atoms with Crippen molar-refractivity contribution in [2.75, 3.05) is 19.6 Å².